The van der Waals surface area contributed by atoms with Crippen LogP contribution < -0.4 is 15.0 Å². The highest BCUT2D eigenvalue weighted by molar-refractivity contribution is 9.10. The standard InChI is InChI=1S/C23H25BrCl2N4O3.ClH/c1-4-5-8-19(31)27-12-20(32)29(3)17-10-9-16(25)15(21(17)26)13-33-18-7-6-11-30-22(24)14(2)28-23(18)30;/h6-7,9-11H,4-5,8,12-13H2,1-3H3,(H,27,31);1H. The summed E-state index contributed by atoms with van der Waals surface area (Å²) in [6.45, 7) is 3.88. The fourth-order valence-electron chi connectivity index (χ4n) is 3.22. The van der Waals surface area contributed by atoms with E-state index in [0.717, 1.165) is 23.1 Å². The van der Waals surface area contributed by atoms with Gasteiger partial charge in [0.05, 0.1) is 22.9 Å². The van der Waals surface area contributed by atoms with Crippen LogP contribution >= 0.6 is 51.5 Å². The van der Waals surface area contributed by atoms with E-state index in [9.17, 15) is 9.59 Å². The number of fused-ring (bicyclic) bond motifs is 1. The lowest BCUT2D eigenvalue weighted by Crippen LogP contribution is -2.38. The van der Waals surface area contributed by atoms with E-state index in [2.05, 4.69) is 26.2 Å². The molecule has 2 amide bonds. The summed E-state index contributed by atoms with van der Waals surface area (Å²) in [4.78, 5) is 30.3. The number of anilines is 1. The number of imidazole rings is 1. The minimum Gasteiger partial charge on any atom is -0.485 e. The number of aromatic nitrogens is 2. The quantitative estimate of drug-likeness (QED) is 0.332. The normalized spacial score (nSPS) is 10.6. The van der Waals surface area contributed by atoms with Crippen LogP contribution in [0.1, 0.15) is 37.4 Å². The fraction of sp³-hybridized carbons (Fsp3) is 0.348. The van der Waals surface area contributed by atoms with Crippen molar-refractivity contribution in [1.82, 2.24) is 14.7 Å². The molecule has 3 aromatic rings. The Hall–Kier alpha value is -2.00. The predicted octanol–water partition coefficient (Wildman–Crippen LogP) is 5.98. The zero-order valence-corrected chi connectivity index (χ0v) is 22.9. The molecule has 0 aliphatic heterocycles. The Morgan fingerprint density at radius 3 is 2.71 bits per heavy atom. The Kier molecular flexibility index (Phi) is 10.5. The second-order valence-electron chi connectivity index (χ2n) is 7.53. The molecule has 0 fully saturated rings. The molecule has 0 saturated heterocycles. The number of aryl methyl sites for hydroxylation is 1. The molecule has 184 valence electrons. The Morgan fingerprint density at radius 1 is 1.26 bits per heavy atom. The summed E-state index contributed by atoms with van der Waals surface area (Å²) in [6.07, 6.45) is 3.98. The molecular formula is C23H26BrCl3N4O3. The van der Waals surface area contributed by atoms with Gasteiger partial charge >= 0.3 is 0 Å². The lowest BCUT2D eigenvalue weighted by Gasteiger charge is -2.21. The molecule has 34 heavy (non-hydrogen) atoms. The highest BCUT2D eigenvalue weighted by Crippen LogP contribution is 2.35. The minimum absolute atomic E-state index is 0. The van der Waals surface area contributed by atoms with Crippen LogP contribution in [0.5, 0.6) is 5.75 Å². The van der Waals surface area contributed by atoms with Crippen LogP contribution in [0.4, 0.5) is 5.69 Å². The lowest BCUT2D eigenvalue weighted by atomic mass is 10.2. The van der Waals surface area contributed by atoms with Gasteiger partial charge < -0.3 is 15.0 Å². The largest absolute Gasteiger partial charge is 0.485 e. The third kappa shape index (κ3) is 6.36. The van der Waals surface area contributed by atoms with E-state index in [1.807, 2.05) is 36.6 Å². The smallest absolute Gasteiger partial charge is 0.246 e. The number of hydrogen-bond donors (Lipinski definition) is 1. The van der Waals surface area contributed by atoms with Crippen molar-refractivity contribution in [2.75, 3.05) is 18.5 Å². The molecule has 3 rings (SSSR count). The van der Waals surface area contributed by atoms with Crippen LogP contribution in [0.25, 0.3) is 5.65 Å². The average Bonchev–Trinajstić information content (AvgIpc) is 3.09. The first-order valence-corrected chi connectivity index (χ1v) is 12.1. The third-order valence-electron chi connectivity index (χ3n) is 5.18. The number of pyridine rings is 1. The number of halogens is 4. The number of rotatable bonds is 9. The molecule has 0 saturated carbocycles. The van der Waals surface area contributed by atoms with Gasteiger partial charge in [0.25, 0.3) is 0 Å². The molecule has 0 aliphatic carbocycles. The van der Waals surface area contributed by atoms with Gasteiger partial charge in [-0.3, -0.25) is 14.0 Å². The van der Waals surface area contributed by atoms with E-state index in [1.165, 1.54) is 4.90 Å². The van der Waals surface area contributed by atoms with Gasteiger partial charge in [0.1, 0.15) is 11.2 Å². The Labute approximate surface area is 223 Å². The van der Waals surface area contributed by atoms with Gasteiger partial charge in [0.2, 0.25) is 11.8 Å². The van der Waals surface area contributed by atoms with Crippen LogP contribution in [-0.4, -0.2) is 34.8 Å². The number of unbranched alkanes of at least 4 members (excludes halogenated alkanes) is 1. The van der Waals surface area contributed by atoms with Gasteiger partial charge in [0, 0.05) is 30.3 Å². The molecule has 2 aromatic heterocycles. The number of nitrogens with zero attached hydrogens (tertiary/aromatic N) is 3. The first-order chi connectivity index (χ1) is 15.7. The van der Waals surface area contributed by atoms with Crippen molar-refractivity contribution in [3.8, 4) is 5.75 Å². The summed E-state index contributed by atoms with van der Waals surface area (Å²) in [5.74, 6) is 0.131. The summed E-state index contributed by atoms with van der Waals surface area (Å²) in [6, 6.07) is 7.01. The van der Waals surface area contributed by atoms with Gasteiger partial charge in [-0.15, -0.1) is 12.4 Å². The molecule has 2 heterocycles. The zero-order chi connectivity index (χ0) is 24.1. The average molecular weight is 593 g/mol. The van der Waals surface area contributed by atoms with Gasteiger partial charge in [-0.2, -0.15) is 0 Å². The summed E-state index contributed by atoms with van der Waals surface area (Å²) in [7, 11) is 1.60. The molecule has 0 atom stereocenters. The highest BCUT2D eigenvalue weighted by Gasteiger charge is 2.20. The van der Waals surface area contributed by atoms with Crippen molar-refractivity contribution >= 4 is 74.7 Å². The molecule has 0 spiro atoms. The number of hydrogen-bond acceptors (Lipinski definition) is 4. The number of carbonyl (C=O) groups excluding carboxylic acids is 2. The van der Waals surface area contributed by atoms with E-state index >= 15 is 0 Å². The second kappa shape index (κ2) is 12.6. The molecule has 1 N–H and O–H groups in total. The number of likely N-dealkylation sites (N-methyl/N-ethyl adjacent to an activating group) is 1. The van der Waals surface area contributed by atoms with Gasteiger partial charge in [-0.05, 0) is 53.5 Å². The number of carbonyl (C=O) groups is 2. The fourth-order valence-corrected chi connectivity index (χ4v) is 4.20. The molecular weight excluding hydrogens is 567 g/mol. The van der Waals surface area contributed by atoms with Crippen molar-refractivity contribution in [2.24, 2.45) is 0 Å². The number of nitrogens with one attached hydrogen (secondary N) is 1. The first-order valence-electron chi connectivity index (χ1n) is 10.5. The summed E-state index contributed by atoms with van der Waals surface area (Å²) < 4.78 is 8.74. The molecule has 0 bridgehead atoms. The van der Waals surface area contributed by atoms with E-state index in [0.29, 0.717) is 39.1 Å². The van der Waals surface area contributed by atoms with E-state index in [-0.39, 0.29) is 37.4 Å². The monoisotopic (exact) mass is 590 g/mol. The molecule has 1 aromatic carbocycles. The van der Waals surface area contributed by atoms with Gasteiger partial charge in [0.15, 0.2) is 11.4 Å². The maximum Gasteiger partial charge on any atom is 0.246 e. The molecule has 0 unspecified atom stereocenters. The van der Waals surface area contributed by atoms with Crippen LogP contribution in [-0.2, 0) is 16.2 Å². The first kappa shape index (κ1) is 28.2. The Balaban J connectivity index is 0.00000408. The topological polar surface area (TPSA) is 75.9 Å². The molecule has 7 nitrogen and oxygen atoms in total. The maximum absolute atomic E-state index is 12.6. The van der Waals surface area contributed by atoms with E-state index in [4.69, 9.17) is 27.9 Å². The number of benzene rings is 1. The Bertz CT molecular complexity index is 1190. The van der Waals surface area contributed by atoms with Gasteiger partial charge in [-0.1, -0.05) is 36.5 Å². The number of amides is 2. The van der Waals surface area contributed by atoms with Crippen LogP contribution in [0, 0.1) is 6.92 Å². The summed E-state index contributed by atoms with van der Waals surface area (Å²) in [5.41, 5.74) is 2.53. The van der Waals surface area contributed by atoms with Crippen molar-refractivity contribution in [3.63, 3.8) is 0 Å². The van der Waals surface area contributed by atoms with Crippen molar-refractivity contribution in [3.05, 3.63) is 56.4 Å². The van der Waals surface area contributed by atoms with Crippen LogP contribution in [0.2, 0.25) is 10.0 Å². The zero-order valence-electron chi connectivity index (χ0n) is 19.0. The van der Waals surface area contributed by atoms with E-state index in [1.54, 1.807) is 19.2 Å². The molecule has 11 heteroatoms. The summed E-state index contributed by atoms with van der Waals surface area (Å²) >= 11 is 16.5. The van der Waals surface area contributed by atoms with Gasteiger partial charge in [-0.25, -0.2) is 4.98 Å². The third-order valence-corrected chi connectivity index (χ3v) is 6.91. The lowest BCUT2D eigenvalue weighted by molar-refractivity contribution is -0.124. The number of ether oxygens (including phenoxy) is 1. The minimum atomic E-state index is -0.293. The van der Waals surface area contributed by atoms with Crippen LogP contribution in [0.3, 0.4) is 0 Å². The van der Waals surface area contributed by atoms with E-state index < -0.39 is 0 Å². The SMILES string of the molecule is CCCCC(=O)NCC(=O)N(C)c1ccc(Cl)c(COc2cccn3c(Br)c(C)nc23)c1Cl.Cl. The maximum atomic E-state index is 12.6. The Morgan fingerprint density at radius 2 is 2.00 bits per heavy atom. The van der Waals surface area contributed by atoms with Crippen LogP contribution in [0.15, 0.2) is 35.1 Å². The van der Waals surface area contributed by atoms with Crippen molar-refractivity contribution in [1.29, 1.82) is 0 Å². The second-order valence-corrected chi connectivity index (χ2v) is 9.07. The molecule has 0 radical (unpaired) electrons. The molecule has 0 aliphatic rings. The predicted molar refractivity (Wildman–Crippen MR) is 142 cm³/mol. The summed E-state index contributed by atoms with van der Waals surface area (Å²) in [5, 5.41) is 3.38. The van der Waals surface area contributed by atoms with Crippen molar-refractivity contribution < 1.29 is 14.3 Å². The van der Waals surface area contributed by atoms with Crippen molar-refractivity contribution in [2.45, 2.75) is 39.7 Å². The highest BCUT2D eigenvalue weighted by atomic mass is 79.9.